The van der Waals surface area contributed by atoms with Crippen molar-refractivity contribution in [3.63, 3.8) is 0 Å². The molecule has 1 N–H and O–H groups in total. The van der Waals surface area contributed by atoms with E-state index in [1.54, 1.807) is 12.1 Å². The first-order valence-electron chi connectivity index (χ1n) is 6.01. The maximum absolute atomic E-state index is 13.6. The van der Waals surface area contributed by atoms with Crippen molar-refractivity contribution in [2.24, 2.45) is 0 Å². The highest BCUT2D eigenvalue weighted by atomic mass is 35.5. The first-order chi connectivity index (χ1) is 9.18. The monoisotopic (exact) mass is 297 g/mol. The first-order valence-corrected chi connectivity index (χ1v) is 6.82. The molecule has 0 aliphatic carbocycles. The van der Waals surface area contributed by atoms with Crippen molar-refractivity contribution in [2.75, 3.05) is 6.54 Å². The summed E-state index contributed by atoms with van der Waals surface area (Å²) in [5.41, 5.74) is 1.59. The largest absolute Gasteiger partial charge is 0.311 e. The molecule has 4 heteroatoms. The second-order valence-electron chi connectivity index (χ2n) is 4.22. The standard InChI is InChI=1S/C15H14Cl2FN/c16-13-8-4-7-12(15(13)18)9-19-10-14(17)11-5-2-1-3-6-11/h1-8,14,19H,9-10H2. The highest BCUT2D eigenvalue weighted by molar-refractivity contribution is 6.30. The third kappa shape index (κ3) is 3.93. The quantitative estimate of drug-likeness (QED) is 0.799. The number of alkyl halides is 1. The van der Waals surface area contributed by atoms with E-state index in [1.807, 2.05) is 30.3 Å². The minimum absolute atomic E-state index is 0.136. The highest BCUT2D eigenvalue weighted by Gasteiger charge is 2.09. The summed E-state index contributed by atoms with van der Waals surface area (Å²) in [7, 11) is 0. The third-order valence-corrected chi connectivity index (χ3v) is 3.53. The fraction of sp³-hybridized carbons (Fsp3) is 0.200. The summed E-state index contributed by atoms with van der Waals surface area (Å²) in [5.74, 6) is -0.373. The number of hydrogen-bond donors (Lipinski definition) is 1. The van der Waals surface area contributed by atoms with Crippen molar-refractivity contribution in [2.45, 2.75) is 11.9 Å². The smallest absolute Gasteiger partial charge is 0.146 e. The third-order valence-electron chi connectivity index (χ3n) is 2.83. The van der Waals surface area contributed by atoms with Gasteiger partial charge in [-0.15, -0.1) is 11.6 Å². The lowest BCUT2D eigenvalue weighted by molar-refractivity contribution is 0.586. The summed E-state index contributed by atoms with van der Waals surface area (Å²) in [4.78, 5) is 0. The zero-order valence-electron chi connectivity index (χ0n) is 10.2. The van der Waals surface area contributed by atoms with E-state index in [1.165, 1.54) is 6.07 Å². The molecular formula is C15H14Cl2FN. The van der Waals surface area contributed by atoms with E-state index in [0.717, 1.165) is 5.56 Å². The van der Waals surface area contributed by atoms with Crippen LogP contribution in [0.15, 0.2) is 48.5 Å². The Labute approximate surface area is 122 Å². The molecule has 0 spiro atoms. The highest BCUT2D eigenvalue weighted by Crippen LogP contribution is 2.20. The van der Waals surface area contributed by atoms with Crippen LogP contribution in [0.1, 0.15) is 16.5 Å². The number of hydrogen-bond acceptors (Lipinski definition) is 1. The molecule has 0 aromatic heterocycles. The van der Waals surface area contributed by atoms with Gasteiger partial charge in [-0.25, -0.2) is 4.39 Å². The molecule has 0 saturated carbocycles. The molecular weight excluding hydrogens is 284 g/mol. The van der Waals surface area contributed by atoms with Gasteiger partial charge in [0.1, 0.15) is 5.82 Å². The van der Waals surface area contributed by atoms with Crippen LogP contribution in [0.2, 0.25) is 5.02 Å². The average Bonchev–Trinajstić information content (AvgIpc) is 2.44. The van der Waals surface area contributed by atoms with Crippen molar-refractivity contribution < 1.29 is 4.39 Å². The molecule has 0 heterocycles. The lowest BCUT2D eigenvalue weighted by atomic mass is 10.1. The lowest BCUT2D eigenvalue weighted by Crippen LogP contribution is -2.19. The Morgan fingerprint density at radius 2 is 1.79 bits per heavy atom. The van der Waals surface area contributed by atoms with E-state index in [9.17, 15) is 4.39 Å². The Bertz CT molecular complexity index is 531. The average molecular weight is 298 g/mol. The molecule has 0 bridgehead atoms. The van der Waals surface area contributed by atoms with Gasteiger partial charge in [-0.05, 0) is 11.6 Å². The van der Waals surface area contributed by atoms with Crippen LogP contribution in [-0.4, -0.2) is 6.54 Å². The molecule has 2 aromatic rings. The van der Waals surface area contributed by atoms with E-state index < -0.39 is 0 Å². The number of rotatable bonds is 5. The first kappa shape index (κ1) is 14.3. The van der Waals surface area contributed by atoms with Gasteiger partial charge in [-0.1, -0.05) is 54.1 Å². The molecule has 0 amide bonds. The van der Waals surface area contributed by atoms with Gasteiger partial charge in [0.25, 0.3) is 0 Å². The van der Waals surface area contributed by atoms with Crippen LogP contribution in [0.4, 0.5) is 4.39 Å². The van der Waals surface area contributed by atoms with Crippen LogP contribution in [0.25, 0.3) is 0 Å². The van der Waals surface area contributed by atoms with Crippen LogP contribution in [0.3, 0.4) is 0 Å². The minimum Gasteiger partial charge on any atom is -0.311 e. The van der Waals surface area contributed by atoms with Gasteiger partial charge >= 0.3 is 0 Å². The number of nitrogens with one attached hydrogen (secondary N) is 1. The Balaban J connectivity index is 1.88. The second kappa shape index (κ2) is 6.90. The fourth-order valence-electron chi connectivity index (χ4n) is 1.80. The minimum atomic E-state index is -0.373. The van der Waals surface area contributed by atoms with Crippen LogP contribution in [-0.2, 0) is 6.54 Å². The lowest BCUT2D eigenvalue weighted by Gasteiger charge is -2.11. The maximum atomic E-state index is 13.6. The van der Waals surface area contributed by atoms with Crippen LogP contribution in [0.5, 0.6) is 0 Å². The van der Waals surface area contributed by atoms with E-state index in [4.69, 9.17) is 23.2 Å². The molecule has 0 aliphatic rings. The van der Waals surface area contributed by atoms with Gasteiger partial charge in [-0.3, -0.25) is 0 Å². The molecule has 0 radical (unpaired) electrons. The Hall–Kier alpha value is -1.09. The Morgan fingerprint density at radius 1 is 1.05 bits per heavy atom. The number of halogens is 3. The Kier molecular flexibility index (Phi) is 5.20. The van der Waals surface area contributed by atoms with Crippen LogP contribution in [0, 0.1) is 5.82 Å². The summed E-state index contributed by atoms with van der Waals surface area (Å²) in [6.07, 6.45) is 0. The molecule has 1 unspecified atom stereocenters. The summed E-state index contributed by atoms with van der Waals surface area (Å²) in [5, 5.41) is 3.15. The summed E-state index contributed by atoms with van der Waals surface area (Å²) in [6.45, 7) is 0.972. The van der Waals surface area contributed by atoms with Gasteiger partial charge in [0.05, 0.1) is 10.4 Å². The molecule has 19 heavy (non-hydrogen) atoms. The predicted octanol–water partition coefficient (Wildman–Crippen LogP) is 4.55. The summed E-state index contributed by atoms with van der Waals surface area (Å²) in [6, 6.07) is 14.8. The zero-order valence-corrected chi connectivity index (χ0v) is 11.8. The SMILES string of the molecule is Fc1c(Cl)cccc1CNCC(Cl)c1ccccc1. The van der Waals surface area contributed by atoms with E-state index in [0.29, 0.717) is 18.7 Å². The normalized spacial score (nSPS) is 12.4. The van der Waals surface area contributed by atoms with Crippen molar-refractivity contribution in [3.05, 3.63) is 70.5 Å². The van der Waals surface area contributed by atoms with Crippen molar-refractivity contribution in [3.8, 4) is 0 Å². The zero-order chi connectivity index (χ0) is 13.7. The molecule has 2 aromatic carbocycles. The molecule has 100 valence electrons. The van der Waals surface area contributed by atoms with Gasteiger partial charge < -0.3 is 5.32 Å². The molecule has 1 nitrogen and oxygen atoms in total. The topological polar surface area (TPSA) is 12.0 Å². The van der Waals surface area contributed by atoms with E-state index in [-0.39, 0.29) is 16.2 Å². The second-order valence-corrected chi connectivity index (χ2v) is 5.16. The van der Waals surface area contributed by atoms with E-state index in [2.05, 4.69) is 5.32 Å². The Morgan fingerprint density at radius 3 is 2.53 bits per heavy atom. The van der Waals surface area contributed by atoms with Crippen molar-refractivity contribution >= 4 is 23.2 Å². The summed E-state index contributed by atoms with van der Waals surface area (Å²) < 4.78 is 13.6. The van der Waals surface area contributed by atoms with Gasteiger partial charge in [0, 0.05) is 18.7 Å². The van der Waals surface area contributed by atoms with Crippen LogP contribution >= 0.6 is 23.2 Å². The molecule has 0 saturated heterocycles. The number of benzene rings is 2. The van der Waals surface area contributed by atoms with Gasteiger partial charge in [0.2, 0.25) is 0 Å². The van der Waals surface area contributed by atoms with Gasteiger partial charge in [0.15, 0.2) is 0 Å². The molecule has 1 atom stereocenters. The van der Waals surface area contributed by atoms with Gasteiger partial charge in [-0.2, -0.15) is 0 Å². The molecule has 0 aliphatic heterocycles. The predicted molar refractivity (Wildman–Crippen MR) is 78.2 cm³/mol. The van der Waals surface area contributed by atoms with Crippen molar-refractivity contribution in [1.82, 2.24) is 5.32 Å². The van der Waals surface area contributed by atoms with Crippen LogP contribution < -0.4 is 5.32 Å². The van der Waals surface area contributed by atoms with E-state index >= 15 is 0 Å². The van der Waals surface area contributed by atoms with Crippen molar-refractivity contribution in [1.29, 1.82) is 0 Å². The fourth-order valence-corrected chi connectivity index (χ4v) is 2.25. The maximum Gasteiger partial charge on any atom is 0.146 e. The summed E-state index contributed by atoms with van der Waals surface area (Å²) >= 11 is 12.0. The molecule has 0 fully saturated rings. The molecule has 2 rings (SSSR count).